The van der Waals surface area contributed by atoms with Gasteiger partial charge in [-0.3, -0.25) is 4.79 Å². The Labute approximate surface area is 136 Å². The van der Waals surface area contributed by atoms with E-state index in [4.69, 9.17) is 0 Å². The molecule has 3 aromatic rings. The highest BCUT2D eigenvalue weighted by Gasteiger charge is 2.18. The highest BCUT2D eigenvalue weighted by atomic mass is 32.1. The van der Waals surface area contributed by atoms with Crippen LogP contribution in [0.15, 0.2) is 66.0 Å². The molecule has 23 heavy (non-hydrogen) atoms. The van der Waals surface area contributed by atoms with Crippen LogP contribution in [-0.2, 0) is 0 Å². The third-order valence-electron chi connectivity index (χ3n) is 3.41. The second-order valence-corrected chi connectivity index (χ2v) is 5.96. The van der Waals surface area contributed by atoms with Crippen molar-refractivity contribution in [2.75, 3.05) is 0 Å². The van der Waals surface area contributed by atoms with E-state index in [1.165, 1.54) is 47.7 Å². The first-order valence-corrected chi connectivity index (χ1v) is 7.87. The molecule has 1 unspecified atom stereocenters. The van der Waals surface area contributed by atoms with Crippen molar-refractivity contribution in [1.82, 2.24) is 5.32 Å². The highest BCUT2D eigenvalue weighted by Crippen LogP contribution is 2.26. The molecule has 0 spiro atoms. The van der Waals surface area contributed by atoms with E-state index >= 15 is 0 Å². The number of halogens is 2. The summed E-state index contributed by atoms with van der Waals surface area (Å²) in [6.45, 7) is 0. The van der Waals surface area contributed by atoms with Gasteiger partial charge in [0, 0.05) is 10.4 Å². The van der Waals surface area contributed by atoms with E-state index in [9.17, 15) is 13.6 Å². The average molecular weight is 329 g/mol. The van der Waals surface area contributed by atoms with Crippen molar-refractivity contribution in [3.05, 3.63) is 93.7 Å². The Morgan fingerprint density at radius 3 is 2.09 bits per heavy atom. The van der Waals surface area contributed by atoms with Crippen LogP contribution in [0, 0.1) is 11.6 Å². The summed E-state index contributed by atoms with van der Waals surface area (Å²) in [6, 6.07) is 14.8. The van der Waals surface area contributed by atoms with Gasteiger partial charge in [-0.1, -0.05) is 18.2 Å². The molecule has 0 saturated heterocycles. The summed E-state index contributed by atoms with van der Waals surface area (Å²) >= 11 is 1.50. The lowest BCUT2D eigenvalue weighted by Crippen LogP contribution is -2.28. The van der Waals surface area contributed by atoms with Crippen molar-refractivity contribution in [2.45, 2.75) is 6.04 Å². The number of rotatable bonds is 4. The maximum atomic E-state index is 13.1. The van der Waals surface area contributed by atoms with E-state index in [-0.39, 0.29) is 17.8 Å². The molecule has 3 rings (SSSR count). The minimum absolute atomic E-state index is 0.312. The maximum absolute atomic E-state index is 13.1. The van der Waals surface area contributed by atoms with Crippen LogP contribution in [0.5, 0.6) is 0 Å². The molecule has 116 valence electrons. The topological polar surface area (TPSA) is 29.1 Å². The lowest BCUT2D eigenvalue weighted by atomic mass is 10.0. The summed E-state index contributed by atoms with van der Waals surface area (Å²) in [7, 11) is 0. The van der Waals surface area contributed by atoms with Gasteiger partial charge in [0.25, 0.3) is 5.91 Å². The molecule has 0 radical (unpaired) electrons. The van der Waals surface area contributed by atoms with Gasteiger partial charge in [-0.15, -0.1) is 11.3 Å². The van der Waals surface area contributed by atoms with Crippen molar-refractivity contribution in [3.8, 4) is 0 Å². The molecule has 0 aliphatic rings. The molecule has 2 nitrogen and oxygen atoms in total. The first-order chi connectivity index (χ1) is 11.1. The van der Waals surface area contributed by atoms with Gasteiger partial charge >= 0.3 is 0 Å². The standard InChI is InChI=1S/C18H13F2NOS/c19-14-7-3-12(4-8-14)17(16-2-1-11-23-16)21-18(22)13-5-9-15(20)10-6-13/h1-11,17H,(H,21,22). The van der Waals surface area contributed by atoms with E-state index in [2.05, 4.69) is 5.32 Å². The molecule has 0 aliphatic carbocycles. The zero-order valence-electron chi connectivity index (χ0n) is 12.0. The number of carbonyl (C=O) groups excluding carboxylic acids is 1. The van der Waals surface area contributed by atoms with Crippen LogP contribution < -0.4 is 5.32 Å². The zero-order chi connectivity index (χ0) is 16.2. The lowest BCUT2D eigenvalue weighted by molar-refractivity contribution is 0.0943. The maximum Gasteiger partial charge on any atom is 0.252 e. The number of carbonyl (C=O) groups is 1. The molecular weight excluding hydrogens is 316 g/mol. The Morgan fingerprint density at radius 1 is 0.913 bits per heavy atom. The molecule has 1 amide bonds. The number of hydrogen-bond donors (Lipinski definition) is 1. The van der Waals surface area contributed by atoms with Gasteiger partial charge in [-0.05, 0) is 53.4 Å². The first-order valence-electron chi connectivity index (χ1n) is 6.99. The number of hydrogen-bond acceptors (Lipinski definition) is 2. The average Bonchev–Trinajstić information content (AvgIpc) is 3.08. The van der Waals surface area contributed by atoms with Gasteiger partial charge in [-0.25, -0.2) is 8.78 Å². The van der Waals surface area contributed by atoms with Gasteiger partial charge in [0.15, 0.2) is 0 Å². The van der Waals surface area contributed by atoms with E-state index in [0.29, 0.717) is 5.56 Å². The van der Waals surface area contributed by atoms with Crippen molar-refractivity contribution >= 4 is 17.2 Å². The number of benzene rings is 2. The van der Waals surface area contributed by atoms with E-state index < -0.39 is 5.82 Å². The predicted molar refractivity (Wildman–Crippen MR) is 86.4 cm³/mol. The van der Waals surface area contributed by atoms with Crippen molar-refractivity contribution < 1.29 is 13.6 Å². The summed E-state index contributed by atoms with van der Waals surface area (Å²) in [5.41, 5.74) is 1.15. The molecule has 0 saturated carbocycles. The van der Waals surface area contributed by atoms with Gasteiger partial charge in [0.05, 0.1) is 6.04 Å². The normalized spacial score (nSPS) is 11.9. The number of amides is 1. The van der Waals surface area contributed by atoms with Crippen LogP contribution >= 0.6 is 11.3 Å². The minimum atomic E-state index is -0.394. The van der Waals surface area contributed by atoms with E-state index in [0.717, 1.165) is 10.4 Å². The predicted octanol–water partition coefficient (Wildman–Crippen LogP) is 4.55. The Morgan fingerprint density at radius 2 is 1.52 bits per heavy atom. The fourth-order valence-corrected chi connectivity index (χ4v) is 3.05. The van der Waals surface area contributed by atoms with E-state index in [1.807, 2.05) is 17.5 Å². The van der Waals surface area contributed by atoms with Gasteiger partial charge in [0.1, 0.15) is 11.6 Å². The smallest absolute Gasteiger partial charge is 0.252 e. The fraction of sp³-hybridized carbons (Fsp3) is 0.0556. The van der Waals surface area contributed by atoms with Crippen LogP contribution in [0.25, 0.3) is 0 Å². The van der Waals surface area contributed by atoms with Crippen LogP contribution in [0.4, 0.5) is 8.78 Å². The number of thiophene rings is 1. The second-order valence-electron chi connectivity index (χ2n) is 4.98. The van der Waals surface area contributed by atoms with Crippen molar-refractivity contribution in [3.63, 3.8) is 0 Å². The molecule has 1 atom stereocenters. The molecule has 1 heterocycles. The molecule has 1 N–H and O–H groups in total. The quantitative estimate of drug-likeness (QED) is 0.748. The van der Waals surface area contributed by atoms with E-state index in [1.54, 1.807) is 12.1 Å². The van der Waals surface area contributed by atoms with Crippen LogP contribution in [-0.4, -0.2) is 5.91 Å². The first kappa shape index (κ1) is 15.4. The van der Waals surface area contributed by atoms with Crippen LogP contribution in [0.1, 0.15) is 26.8 Å². The van der Waals surface area contributed by atoms with Crippen LogP contribution in [0.2, 0.25) is 0 Å². The Hall–Kier alpha value is -2.53. The number of nitrogens with one attached hydrogen (secondary N) is 1. The summed E-state index contributed by atoms with van der Waals surface area (Å²) in [4.78, 5) is 13.3. The molecular formula is C18H13F2NOS. The molecule has 0 fully saturated rings. The fourth-order valence-electron chi connectivity index (χ4n) is 2.25. The van der Waals surface area contributed by atoms with Gasteiger partial charge in [0.2, 0.25) is 0 Å². The second kappa shape index (κ2) is 6.71. The summed E-state index contributed by atoms with van der Waals surface area (Å²) in [5.74, 6) is -1.04. The van der Waals surface area contributed by atoms with Gasteiger partial charge in [-0.2, -0.15) is 0 Å². The van der Waals surface area contributed by atoms with Crippen molar-refractivity contribution in [1.29, 1.82) is 0 Å². The Kier molecular flexibility index (Phi) is 4.48. The third kappa shape index (κ3) is 3.63. The minimum Gasteiger partial charge on any atom is -0.340 e. The monoisotopic (exact) mass is 329 g/mol. The highest BCUT2D eigenvalue weighted by molar-refractivity contribution is 7.10. The molecule has 1 aromatic heterocycles. The zero-order valence-corrected chi connectivity index (χ0v) is 12.8. The van der Waals surface area contributed by atoms with Crippen LogP contribution in [0.3, 0.4) is 0 Å². The molecule has 5 heteroatoms. The largest absolute Gasteiger partial charge is 0.340 e. The molecule has 2 aromatic carbocycles. The summed E-state index contributed by atoms with van der Waals surface area (Å²) < 4.78 is 26.1. The molecule has 0 bridgehead atoms. The van der Waals surface area contributed by atoms with Crippen molar-refractivity contribution in [2.24, 2.45) is 0 Å². The Balaban J connectivity index is 1.88. The van der Waals surface area contributed by atoms with Gasteiger partial charge < -0.3 is 5.32 Å². The Bertz CT molecular complexity index is 783. The SMILES string of the molecule is O=C(NC(c1ccc(F)cc1)c1cccs1)c1ccc(F)cc1. The third-order valence-corrected chi connectivity index (χ3v) is 4.35. The summed E-state index contributed by atoms with van der Waals surface area (Å²) in [5, 5.41) is 4.83. The lowest BCUT2D eigenvalue weighted by Gasteiger charge is -2.18. The summed E-state index contributed by atoms with van der Waals surface area (Å²) in [6.07, 6.45) is 0. The molecule has 0 aliphatic heterocycles.